The molecule has 0 radical (unpaired) electrons. The maximum atomic E-state index is 13.6. The number of hydrogen-bond donors (Lipinski definition) is 1. The van der Waals surface area contributed by atoms with E-state index in [-0.39, 0.29) is 5.82 Å². The van der Waals surface area contributed by atoms with E-state index < -0.39 is 5.54 Å². The van der Waals surface area contributed by atoms with Gasteiger partial charge in [0.15, 0.2) is 0 Å². The number of pyridine rings is 1. The maximum Gasteiger partial charge on any atom is 0.123 e. The Kier molecular flexibility index (Phi) is 3.03. The van der Waals surface area contributed by atoms with Crippen LogP contribution in [0.3, 0.4) is 0 Å². The summed E-state index contributed by atoms with van der Waals surface area (Å²) in [6.07, 6.45) is 0.919. The first-order valence-corrected chi connectivity index (χ1v) is 6.95. The largest absolute Gasteiger partial charge is 0.322 e. The lowest BCUT2D eigenvalue weighted by Gasteiger charge is -2.32. The molecule has 4 heteroatoms. The fourth-order valence-electron chi connectivity index (χ4n) is 3.08. The van der Waals surface area contributed by atoms with Crippen LogP contribution < -0.4 is 5.73 Å². The summed E-state index contributed by atoms with van der Waals surface area (Å²) in [6, 6.07) is 4.77. The average Bonchev–Trinajstić information content (AvgIpc) is 2.34. The molecule has 2 aromatic rings. The second kappa shape index (κ2) is 4.50. The molecule has 0 bridgehead atoms. The molecule has 0 amide bonds. The molecule has 0 spiro atoms. The molecule has 3 rings (SSSR count). The molecule has 1 aliphatic rings. The minimum absolute atomic E-state index is 0.242. The van der Waals surface area contributed by atoms with Crippen molar-refractivity contribution in [3.8, 4) is 0 Å². The van der Waals surface area contributed by atoms with Gasteiger partial charge in [0.1, 0.15) is 5.82 Å². The van der Waals surface area contributed by atoms with Crippen molar-refractivity contribution in [1.82, 2.24) is 9.88 Å². The molecule has 0 aliphatic carbocycles. The van der Waals surface area contributed by atoms with Gasteiger partial charge in [-0.2, -0.15) is 0 Å². The van der Waals surface area contributed by atoms with Crippen LogP contribution >= 0.6 is 0 Å². The van der Waals surface area contributed by atoms with Crippen molar-refractivity contribution in [2.45, 2.75) is 32.4 Å². The highest BCUT2D eigenvalue weighted by molar-refractivity contribution is 5.85. The SMILES string of the molecule is CN1CCc2nc3ccc(F)cc3c(C(C)(C)N)c2C1. The van der Waals surface area contributed by atoms with Crippen LogP contribution in [-0.4, -0.2) is 23.5 Å². The number of aromatic nitrogens is 1. The first-order valence-electron chi connectivity index (χ1n) is 6.95. The van der Waals surface area contributed by atoms with Crippen LogP contribution in [0.1, 0.15) is 30.7 Å². The zero-order chi connectivity index (χ0) is 14.5. The van der Waals surface area contributed by atoms with Gasteiger partial charge >= 0.3 is 0 Å². The lowest BCUT2D eigenvalue weighted by molar-refractivity contribution is 0.306. The number of benzene rings is 1. The Morgan fingerprint density at radius 2 is 2.10 bits per heavy atom. The highest BCUT2D eigenvalue weighted by Crippen LogP contribution is 2.34. The highest BCUT2D eigenvalue weighted by Gasteiger charge is 2.27. The molecule has 3 nitrogen and oxygen atoms in total. The zero-order valence-corrected chi connectivity index (χ0v) is 12.2. The summed E-state index contributed by atoms with van der Waals surface area (Å²) in [7, 11) is 2.09. The number of rotatable bonds is 1. The Hall–Kier alpha value is -1.52. The van der Waals surface area contributed by atoms with Crippen molar-refractivity contribution in [3.05, 3.63) is 40.8 Å². The molecule has 0 unspecified atom stereocenters. The maximum absolute atomic E-state index is 13.6. The van der Waals surface area contributed by atoms with Crippen LogP contribution in [0, 0.1) is 5.82 Å². The number of halogens is 1. The van der Waals surface area contributed by atoms with Crippen LogP contribution in [0.4, 0.5) is 4.39 Å². The highest BCUT2D eigenvalue weighted by atomic mass is 19.1. The second-order valence-electron chi connectivity index (χ2n) is 6.28. The average molecular weight is 273 g/mol. The summed E-state index contributed by atoms with van der Waals surface area (Å²) >= 11 is 0. The van der Waals surface area contributed by atoms with Crippen molar-refractivity contribution in [2.75, 3.05) is 13.6 Å². The van der Waals surface area contributed by atoms with E-state index in [1.165, 1.54) is 11.6 Å². The van der Waals surface area contributed by atoms with E-state index in [1.807, 2.05) is 13.8 Å². The predicted octanol–water partition coefficient (Wildman–Crippen LogP) is 2.56. The monoisotopic (exact) mass is 273 g/mol. The number of hydrogen-bond acceptors (Lipinski definition) is 3. The molecule has 2 heterocycles. The van der Waals surface area contributed by atoms with Crippen LogP contribution in [0.2, 0.25) is 0 Å². The molecule has 106 valence electrons. The number of nitrogens with two attached hydrogens (primary N) is 1. The molecule has 1 aromatic heterocycles. The quantitative estimate of drug-likeness (QED) is 0.868. The summed E-state index contributed by atoms with van der Waals surface area (Å²) in [5, 5.41) is 0.839. The first-order chi connectivity index (χ1) is 9.36. The van der Waals surface area contributed by atoms with Crippen LogP contribution in [0.5, 0.6) is 0 Å². The van der Waals surface area contributed by atoms with Gasteiger partial charge in [0.05, 0.1) is 5.52 Å². The molecule has 0 atom stereocenters. The van der Waals surface area contributed by atoms with Crippen molar-refractivity contribution in [1.29, 1.82) is 0 Å². The first kappa shape index (κ1) is 13.5. The molecule has 20 heavy (non-hydrogen) atoms. The van der Waals surface area contributed by atoms with Gasteiger partial charge in [-0.3, -0.25) is 4.98 Å². The Morgan fingerprint density at radius 3 is 2.80 bits per heavy atom. The van der Waals surface area contributed by atoms with E-state index in [1.54, 1.807) is 12.1 Å². The number of likely N-dealkylation sites (N-methyl/N-ethyl adjacent to an activating group) is 1. The molecule has 0 saturated carbocycles. The van der Waals surface area contributed by atoms with E-state index in [4.69, 9.17) is 10.7 Å². The Bertz CT molecular complexity index is 673. The number of nitrogens with zero attached hydrogens (tertiary/aromatic N) is 2. The van der Waals surface area contributed by atoms with Crippen molar-refractivity contribution in [2.24, 2.45) is 5.73 Å². The Labute approximate surface area is 118 Å². The van der Waals surface area contributed by atoms with Gasteiger partial charge in [0.25, 0.3) is 0 Å². The van der Waals surface area contributed by atoms with Crippen molar-refractivity contribution >= 4 is 10.9 Å². The third-order valence-electron chi connectivity index (χ3n) is 3.94. The van der Waals surface area contributed by atoms with E-state index in [9.17, 15) is 4.39 Å². The molecule has 0 fully saturated rings. The molecule has 0 saturated heterocycles. The molecular weight excluding hydrogens is 253 g/mol. The lowest BCUT2D eigenvalue weighted by Crippen LogP contribution is -2.35. The molecule has 1 aliphatic heterocycles. The predicted molar refractivity (Wildman–Crippen MR) is 79.0 cm³/mol. The third kappa shape index (κ3) is 2.19. The minimum Gasteiger partial charge on any atom is -0.322 e. The lowest BCUT2D eigenvalue weighted by atomic mass is 9.85. The standard InChI is InChI=1S/C16H20FN3/c1-16(2,18)15-11-8-10(17)4-5-13(11)19-14-6-7-20(3)9-12(14)15/h4-5,8H,6-7,9,18H2,1-3H3. The van der Waals surface area contributed by atoms with Crippen molar-refractivity contribution in [3.63, 3.8) is 0 Å². The summed E-state index contributed by atoms with van der Waals surface area (Å²) in [5.41, 5.74) is 10.0. The van der Waals surface area contributed by atoms with Gasteiger partial charge in [-0.1, -0.05) is 0 Å². The second-order valence-corrected chi connectivity index (χ2v) is 6.28. The fourth-order valence-corrected chi connectivity index (χ4v) is 3.08. The molecule has 2 N–H and O–H groups in total. The van der Waals surface area contributed by atoms with Gasteiger partial charge < -0.3 is 10.6 Å². The summed E-state index contributed by atoms with van der Waals surface area (Å²) in [5.74, 6) is -0.242. The molecular formula is C16H20FN3. The van der Waals surface area contributed by atoms with E-state index in [0.29, 0.717) is 0 Å². The van der Waals surface area contributed by atoms with E-state index >= 15 is 0 Å². The minimum atomic E-state index is -0.517. The normalized spacial score (nSPS) is 16.4. The molecule has 1 aromatic carbocycles. The Morgan fingerprint density at radius 1 is 1.35 bits per heavy atom. The van der Waals surface area contributed by atoms with Gasteiger partial charge in [-0.15, -0.1) is 0 Å². The van der Waals surface area contributed by atoms with Gasteiger partial charge in [-0.25, -0.2) is 4.39 Å². The van der Waals surface area contributed by atoms with E-state index in [2.05, 4.69) is 11.9 Å². The fraction of sp³-hybridized carbons (Fsp3) is 0.438. The van der Waals surface area contributed by atoms with Crippen LogP contribution in [0.15, 0.2) is 18.2 Å². The third-order valence-corrected chi connectivity index (χ3v) is 3.94. The van der Waals surface area contributed by atoms with Crippen LogP contribution in [0.25, 0.3) is 10.9 Å². The topological polar surface area (TPSA) is 42.2 Å². The van der Waals surface area contributed by atoms with Gasteiger partial charge in [0.2, 0.25) is 0 Å². The van der Waals surface area contributed by atoms with Crippen LogP contribution in [-0.2, 0) is 18.5 Å². The summed E-state index contributed by atoms with van der Waals surface area (Å²) in [4.78, 5) is 6.97. The van der Waals surface area contributed by atoms with Gasteiger partial charge in [0, 0.05) is 36.1 Å². The van der Waals surface area contributed by atoms with E-state index in [0.717, 1.165) is 41.7 Å². The summed E-state index contributed by atoms with van der Waals surface area (Å²) < 4.78 is 13.6. The van der Waals surface area contributed by atoms with Gasteiger partial charge in [-0.05, 0) is 50.2 Å². The van der Waals surface area contributed by atoms with Crippen molar-refractivity contribution < 1.29 is 4.39 Å². The smallest absolute Gasteiger partial charge is 0.123 e. The zero-order valence-electron chi connectivity index (χ0n) is 12.2. The Balaban J connectivity index is 2.38. The number of fused-ring (bicyclic) bond motifs is 2. The summed E-state index contributed by atoms with van der Waals surface area (Å²) in [6.45, 7) is 5.77.